The van der Waals surface area contributed by atoms with Gasteiger partial charge < -0.3 is 4.90 Å². The molecular formula is C23H28N2OS. The van der Waals surface area contributed by atoms with E-state index in [1.807, 2.05) is 0 Å². The molecule has 0 N–H and O–H groups in total. The number of nitrogens with zero attached hydrogens (tertiary/aromatic N) is 2. The summed E-state index contributed by atoms with van der Waals surface area (Å²) in [6.45, 7) is 4.57. The number of likely N-dealkylation sites (tertiary alicyclic amines) is 1. The lowest BCUT2D eigenvalue weighted by atomic mass is 9.93. The number of fused-ring (bicyclic) bond motifs is 1. The Bertz CT molecular complexity index is 789. The predicted octanol–water partition coefficient (Wildman–Crippen LogP) is 4.21. The van der Waals surface area contributed by atoms with Crippen LogP contribution < -0.4 is 0 Å². The molecule has 3 nitrogen and oxygen atoms in total. The molecule has 27 heavy (non-hydrogen) atoms. The topological polar surface area (TPSA) is 23.6 Å². The van der Waals surface area contributed by atoms with Gasteiger partial charge in [0, 0.05) is 31.1 Å². The van der Waals surface area contributed by atoms with Gasteiger partial charge in [-0.2, -0.15) is 0 Å². The zero-order valence-corrected chi connectivity index (χ0v) is 16.9. The lowest BCUT2D eigenvalue weighted by Gasteiger charge is -2.36. The van der Waals surface area contributed by atoms with Crippen molar-refractivity contribution >= 4 is 17.7 Å². The third-order valence-corrected chi connectivity index (χ3v) is 6.61. The van der Waals surface area contributed by atoms with Crippen LogP contribution in [0.15, 0.2) is 53.4 Å². The van der Waals surface area contributed by atoms with Crippen LogP contribution in [0.2, 0.25) is 0 Å². The first-order valence-corrected chi connectivity index (χ1v) is 11.2. The van der Waals surface area contributed by atoms with E-state index in [1.54, 1.807) is 11.8 Å². The van der Waals surface area contributed by atoms with Crippen molar-refractivity contribution in [3.05, 3.63) is 65.2 Å². The molecule has 0 unspecified atom stereocenters. The summed E-state index contributed by atoms with van der Waals surface area (Å²) in [5.41, 5.74) is 4.06. The maximum atomic E-state index is 13.1. The summed E-state index contributed by atoms with van der Waals surface area (Å²) in [6.07, 6.45) is 5.23. The van der Waals surface area contributed by atoms with Crippen LogP contribution in [0, 0.1) is 5.92 Å². The van der Waals surface area contributed by atoms with E-state index in [0.29, 0.717) is 5.91 Å². The molecule has 0 aliphatic carbocycles. The summed E-state index contributed by atoms with van der Waals surface area (Å²) in [5, 5.41) is 0. The molecule has 2 aromatic rings. The van der Waals surface area contributed by atoms with Gasteiger partial charge in [-0.05, 0) is 60.9 Å². The summed E-state index contributed by atoms with van der Waals surface area (Å²) < 4.78 is 0. The fourth-order valence-electron chi connectivity index (χ4n) is 4.33. The summed E-state index contributed by atoms with van der Waals surface area (Å²) in [6, 6.07) is 17.4. The minimum absolute atomic E-state index is 0.148. The Kier molecular flexibility index (Phi) is 5.84. The summed E-state index contributed by atoms with van der Waals surface area (Å²) >= 11 is 1.78. The number of amides is 1. The van der Waals surface area contributed by atoms with Crippen molar-refractivity contribution in [3.8, 4) is 0 Å². The quantitative estimate of drug-likeness (QED) is 0.743. The van der Waals surface area contributed by atoms with Gasteiger partial charge in [-0.15, -0.1) is 11.8 Å². The van der Waals surface area contributed by atoms with Gasteiger partial charge in [0.2, 0.25) is 5.91 Å². The molecule has 0 saturated carbocycles. The van der Waals surface area contributed by atoms with Crippen LogP contribution in [0.1, 0.15) is 29.5 Å². The van der Waals surface area contributed by atoms with E-state index in [4.69, 9.17) is 0 Å². The van der Waals surface area contributed by atoms with Crippen molar-refractivity contribution in [3.63, 3.8) is 0 Å². The molecule has 0 spiro atoms. The fraction of sp³-hybridized carbons (Fsp3) is 0.435. The van der Waals surface area contributed by atoms with E-state index in [9.17, 15) is 4.79 Å². The monoisotopic (exact) mass is 380 g/mol. The molecule has 1 atom stereocenters. The molecule has 0 bridgehead atoms. The number of thioether (sulfide) groups is 1. The van der Waals surface area contributed by atoms with Gasteiger partial charge in [-0.3, -0.25) is 9.69 Å². The van der Waals surface area contributed by atoms with Crippen molar-refractivity contribution in [2.45, 2.75) is 37.2 Å². The summed E-state index contributed by atoms with van der Waals surface area (Å²) in [4.78, 5) is 19.0. The molecule has 142 valence electrons. The Morgan fingerprint density at radius 2 is 1.85 bits per heavy atom. The Labute approximate surface area is 166 Å². The first-order valence-electron chi connectivity index (χ1n) is 9.94. The number of hydrogen-bond acceptors (Lipinski definition) is 3. The van der Waals surface area contributed by atoms with E-state index < -0.39 is 0 Å². The van der Waals surface area contributed by atoms with Crippen molar-refractivity contribution < 1.29 is 4.79 Å². The molecule has 2 aliphatic rings. The van der Waals surface area contributed by atoms with Crippen molar-refractivity contribution in [2.75, 3.05) is 25.9 Å². The molecule has 4 rings (SSSR count). The molecule has 1 saturated heterocycles. The zero-order chi connectivity index (χ0) is 18.6. The highest BCUT2D eigenvalue weighted by Gasteiger charge is 2.30. The lowest BCUT2D eigenvalue weighted by molar-refractivity contribution is -0.138. The van der Waals surface area contributed by atoms with Crippen molar-refractivity contribution in [2.24, 2.45) is 5.92 Å². The van der Waals surface area contributed by atoms with Gasteiger partial charge in [0.25, 0.3) is 0 Å². The van der Waals surface area contributed by atoms with E-state index in [-0.39, 0.29) is 5.92 Å². The maximum Gasteiger partial charge on any atom is 0.227 e. The SMILES string of the molecule is CSc1ccc(CN2CCC[C@@H](C(=O)N3CCc4ccccc4C3)C2)cc1. The molecular weight excluding hydrogens is 352 g/mol. The normalized spacial score (nSPS) is 20.3. The maximum absolute atomic E-state index is 13.1. The zero-order valence-electron chi connectivity index (χ0n) is 16.1. The van der Waals surface area contributed by atoms with Gasteiger partial charge >= 0.3 is 0 Å². The molecule has 2 heterocycles. The Morgan fingerprint density at radius 3 is 2.63 bits per heavy atom. The average molecular weight is 381 g/mol. The molecule has 1 amide bonds. The van der Waals surface area contributed by atoms with Crippen LogP contribution in [0.25, 0.3) is 0 Å². The lowest BCUT2D eigenvalue weighted by Crippen LogP contribution is -2.46. The van der Waals surface area contributed by atoms with Crippen molar-refractivity contribution in [1.29, 1.82) is 0 Å². The van der Waals surface area contributed by atoms with E-state index in [2.05, 4.69) is 64.6 Å². The first kappa shape index (κ1) is 18.6. The van der Waals surface area contributed by atoms with E-state index in [1.165, 1.54) is 21.6 Å². The highest BCUT2D eigenvalue weighted by molar-refractivity contribution is 7.98. The van der Waals surface area contributed by atoms with Crippen LogP contribution in [-0.4, -0.2) is 41.6 Å². The smallest absolute Gasteiger partial charge is 0.227 e. The van der Waals surface area contributed by atoms with Gasteiger partial charge in [0.15, 0.2) is 0 Å². The van der Waals surface area contributed by atoms with Crippen LogP contribution in [-0.2, 0) is 24.3 Å². The van der Waals surface area contributed by atoms with Gasteiger partial charge in [-0.1, -0.05) is 36.4 Å². The Balaban J connectivity index is 1.37. The highest BCUT2D eigenvalue weighted by atomic mass is 32.2. The van der Waals surface area contributed by atoms with E-state index >= 15 is 0 Å². The molecule has 4 heteroatoms. The molecule has 1 fully saturated rings. The molecule has 0 aromatic heterocycles. The number of carbonyl (C=O) groups is 1. The Hall–Kier alpha value is -1.78. The van der Waals surface area contributed by atoms with Crippen molar-refractivity contribution in [1.82, 2.24) is 9.80 Å². The minimum Gasteiger partial charge on any atom is -0.338 e. The standard InChI is InChI=1S/C23H28N2OS/c1-27-22-10-8-18(9-11-22)15-24-13-4-7-21(16-24)23(26)25-14-12-19-5-2-3-6-20(19)17-25/h2-3,5-6,8-11,21H,4,7,12-17H2,1H3/t21-/m1/s1. The molecule has 2 aromatic carbocycles. The van der Waals surface area contributed by atoms with Gasteiger partial charge in [0.1, 0.15) is 0 Å². The minimum atomic E-state index is 0.148. The number of hydrogen-bond donors (Lipinski definition) is 0. The van der Waals surface area contributed by atoms with Crippen LogP contribution in [0.3, 0.4) is 0 Å². The third kappa shape index (κ3) is 4.39. The number of carbonyl (C=O) groups excluding carboxylic acids is 1. The average Bonchev–Trinajstić information content (AvgIpc) is 2.73. The molecule has 0 radical (unpaired) electrons. The van der Waals surface area contributed by atoms with Crippen LogP contribution in [0.4, 0.5) is 0 Å². The second-order valence-electron chi connectivity index (χ2n) is 7.70. The second-order valence-corrected chi connectivity index (χ2v) is 8.58. The number of benzene rings is 2. The number of rotatable bonds is 4. The van der Waals surface area contributed by atoms with E-state index in [0.717, 1.165) is 52.0 Å². The third-order valence-electron chi connectivity index (χ3n) is 5.86. The predicted molar refractivity (Wildman–Crippen MR) is 112 cm³/mol. The first-order chi connectivity index (χ1) is 13.2. The summed E-state index contributed by atoms with van der Waals surface area (Å²) in [7, 11) is 0. The summed E-state index contributed by atoms with van der Waals surface area (Å²) in [5.74, 6) is 0.501. The molecule has 2 aliphatic heterocycles. The number of piperidine rings is 1. The Morgan fingerprint density at radius 1 is 1.07 bits per heavy atom. The fourth-order valence-corrected chi connectivity index (χ4v) is 4.74. The largest absolute Gasteiger partial charge is 0.338 e. The van der Waals surface area contributed by atoms with Crippen LogP contribution >= 0.6 is 11.8 Å². The van der Waals surface area contributed by atoms with Gasteiger partial charge in [-0.25, -0.2) is 0 Å². The van der Waals surface area contributed by atoms with Crippen LogP contribution in [0.5, 0.6) is 0 Å². The second kappa shape index (κ2) is 8.49. The highest BCUT2D eigenvalue weighted by Crippen LogP contribution is 2.25. The van der Waals surface area contributed by atoms with Gasteiger partial charge in [0.05, 0.1) is 5.92 Å².